The highest BCUT2D eigenvalue weighted by molar-refractivity contribution is 9.10. The molecule has 0 aliphatic rings. The van der Waals surface area contributed by atoms with Crippen LogP contribution >= 0.6 is 27.5 Å². The molecule has 2 N–H and O–H groups in total. The van der Waals surface area contributed by atoms with Gasteiger partial charge in [-0.3, -0.25) is 0 Å². The molecule has 0 fully saturated rings. The number of rotatable bonds is 3. The Labute approximate surface area is 106 Å². The molecule has 1 aromatic heterocycles. The zero-order valence-electron chi connectivity index (χ0n) is 8.61. The van der Waals surface area contributed by atoms with Gasteiger partial charge in [-0.2, -0.15) is 0 Å². The molecule has 0 unspecified atom stereocenters. The van der Waals surface area contributed by atoms with E-state index in [1.807, 2.05) is 25.1 Å². The summed E-state index contributed by atoms with van der Waals surface area (Å²) in [7, 11) is 0. The topological polar surface area (TPSA) is 61.0 Å². The van der Waals surface area contributed by atoms with Gasteiger partial charge < -0.3 is 10.5 Å². The Morgan fingerprint density at radius 1 is 1.50 bits per heavy atom. The fourth-order valence-corrected chi connectivity index (χ4v) is 2.22. The van der Waals surface area contributed by atoms with Gasteiger partial charge in [0.1, 0.15) is 23.1 Å². The van der Waals surface area contributed by atoms with Gasteiger partial charge in [0.05, 0.1) is 4.47 Å². The molecule has 84 valence electrons. The van der Waals surface area contributed by atoms with E-state index in [4.69, 9.17) is 10.5 Å². The van der Waals surface area contributed by atoms with Crippen LogP contribution in [0, 0.1) is 6.92 Å². The number of ether oxygens (including phenoxy) is 1. The molecule has 2 aromatic rings. The predicted octanol–water partition coefficient (Wildman–Crippen LogP) is 2.77. The summed E-state index contributed by atoms with van der Waals surface area (Å²) in [5, 5.41) is 4.48. The molecule has 0 saturated heterocycles. The molecule has 4 nitrogen and oxygen atoms in total. The van der Waals surface area contributed by atoms with Gasteiger partial charge in [0.15, 0.2) is 0 Å². The average Bonchev–Trinajstić information content (AvgIpc) is 2.63. The number of hydrogen-bond donors (Lipinski definition) is 1. The van der Waals surface area contributed by atoms with Gasteiger partial charge in [-0.15, -0.1) is 5.10 Å². The Kier molecular flexibility index (Phi) is 3.40. The van der Waals surface area contributed by atoms with Crippen molar-refractivity contribution >= 4 is 32.5 Å². The SMILES string of the molecule is Cc1ccc(OCc2nnsc2N)c(Br)c1. The number of nitrogens with zero attached hydrogens (tertiary/aromatic N) is 2. The molecule has 0 atom stereocenters. The maximum absolute atomic E-state index is 5.67. The van der Waals surface area contributed by atoms with Crippen molar-refractivity contribution in [2.45, 2.75) is 13.5 Å². The van der Waals surface area contributed by atoms with Crippen LogP contribution in [0.25, 0.3) is 0 Å². The predicted molar refractivity (Wildman–Crippen MR) is 67.5 cm³/mol. The minimum atomic E-state index is 0.337. The molecule has 0 saturated carbocycles. The fraction of sp³-hybridized carbons (Fsp3) is 0.200. The lowest BCUT2D eigenvalue weighted by molar-refractivity contribution is 0.300. The summed E-state index contributed by atoms with van der Waals surface area (Å²) in [5.74, 6) is 0.776. The standard InChI is InChI=1S/C10H10BrN3OS/c1-6-2-3-9(7(11)4-6)15-5-8-10(12)16-14-13-8/h2-4H,5,12H2,1H3. The van der Waals surface area contributed by atoms with Crippen LogP contribution < -0.4 is 10.5 Å². The van der Waals surface area contributed by atoms with Crippen LogP contribution in [0.4, 0.5) is 5.00 Å². The zero-order chi connectivity index (χ0) is 11.5. The Hall–Kier alpha value is -1.14. The molecular formula is C10H10BrN3OS. The van der Waals surface area contributed by atoms with Crippen LogP contribution in [0.5, 0.6) is 5.75 Å². The summed E-state index contributed by atoms with van der Waals surface area (Å²) in [4.78, 5) is 0. The van der Waals surface area contributed by atoms with Gasteiger partial charge in [0, 0.05) is 11.5 Å². The first-order valence-corrected chi connectivity index (χ1v) is 6.19. The number of nitrogens with two attached hydrogens (primary N) is 1. The van der Waals surface area contributed by atoms with Crippen molar-refractivity contribution < 1.29 is 4.74 Å². The van der Waals surface area contributed by atoms with Crippen LogP contribution in [-0.4, -0.2) is 9.59 Å². The van der Waals surface area contributed by atoms with E-state index >= 15 is 0 Å². The second-order valence-corrected chi connectivity index (χ2v) is 4.95. The van der Waals surface area contributed by atoms with Crippen molar-refractivity contribution in [2.24, 2.45) is 0 Å². The van der Waals surface area contributed by atoms with Crippen molar-refractivity contribution in [3.05, 3.63) is 33.9 Å². The molecule has 2 rings (SSSR count). The van der Waals surface area contributed by atoms with E-state index in [0.29, 0.717) is 17.3 Å². The lowest BCUT2D eigenvalue weighted by Crippen LogP contribution is -1.99. The maximum atomic E-state index is 5.67. The third-order valence-electron chi connectivity index (χ3n) is 2.04. The van der Waals surface area contributed by atoms with Crippen LogP contribution in [0.1, 0.15) is 11.3 Å². The smallest absolute Gasteiger partial charge is 0.136 e. The normalized spacial score (nSPS) is 10.4. The van der Waals surface area contributed by atoms with Crippen molar-refractivity contribution in [3.8, 4) is 5.75 Å². The first kappa shape index (κ1) is 11.3. The van der Waals surface area contributed by atoms with Gasteiger partial charge in [-0.1, -0.05) is 10.6 Å². The molecule has 0 bridgehead atoms. The Balaban J connectivity index is 2.08. The number of benzene rings is 1. The summed E-state index contributed by atoms with van der Waals surface area (Å²) in [5.41, 5.74) is 7.52. The van der Waals surface area contributed by atoms with E-state index in [0.717, 1.165) is 10.2 Å². The van der Waals surface area contributed by atoms with Gasteiger partial charge in [-0.05, 0) is 40.5 Å². The van der Waals surface area contributed by atoms with Gasteiger partial charge >= 0.3 is 0 Å². The van der Waals surface area contributed by atoms with Crippen LogP contribution in [-0.2, 0) is 6.61 Å². The number of anilines is 1. The quantitative estimate of drug-likeness (QED) is 0.947. The molecule has 0 aliphatic carbocycles. The Bertz CT molecular complexity index is 501. The highest BCUT2D eigenvalue weighted by Gasteiger charge is 2.06. The molecule has 1 heterocycles. The fourth-order valence-electron chi connectivity index (χ4n) is 1.18. The summed E-state index contributed by atoms with van der Waals surface area (Å²) >= 11 is 4.61. The van der Waals surface area contributed by atoms with E-state index in [2.05, 4.69) is 25.5 Å². The largest absolute Gasteiger partial charge is 0.486 e. The van der Waals surface area contributed by atoms with Crippen molar-refractivity contribution in [1.82, 2.24) is 9.59 Å². The Morgan fingerprint density at radius 2 is 2.31 bits per heavy atom. The van der Waals surface area contributed by atoms with E-state index < -0.39 is 0 Å². The van der Waals surface area contributed by atoms with Crippen molar-refractivity contribution in [3.63, 3.8) is 0 Å². The monoisotopic (exact) mass is 299 g/mol. The minimum Gasteiger partial charge on any atom is -0.486 e. The summed E-state index contributed by atoms with van der Waals surface area (Å²) in [6.07, 6.45) is 0. The first-order chi connectivity index (χ1) is 7.66. The molecule has 6 heteroatoms. The summed E-state index contributed by atoms with van der Waals surface area (Å²) in [6, 6.07) is 5.90. The molecule has 1 aromatic carbocycles. The van der Waals surface area contributed by atoms with Crippen LogP contribution in [0.2, 0.25) is 0 Å². The van der Waals surface area contributed by atoms with Gasteiger partial charge in [-0.25, -0.2) is 0 Å². The van der Waals surface area contributed by atoms with Crippen molar-refractivity contribution in [2.75, 3.05) is 5.73 Å². The summed E-state index contributed by atoms with van der Waals surface area (Å²) in [6.45, 7) is 2.36. The number of aromatic nitrogens is 2. The summed E-state index contributed by atoms with van der Waals surface area (Å²) < 4.78 is 10.3. The average molecular weight is 300 g/mol. The van der Waals surface area contributed by atoms with Crippen LogP contribution in [0.15, 0.2) is 22.7 Å². The highest BCUT2D eigenvalue weighted by atomic mass is 79.9. The van der Waals surface area contributed by atoms with Crippen LogP contribution in [0.3, 0.4) is 0 Å². The van der Waals surface area contributed by atoms with E-state index in [1.165, 1.54) is 17.1 Å². The molecular weight excluding hydrogens is 290 g/mol. The lowest BCUT2D eigenvalue weighted by atomic mass is 10.2. The number of aryl methyl sites for hydroxylation is 1. The van der Waals surface area contributed by atoms with Gasteiger partial charge in [0.2, 0.25) is 0 Å². The number of hydrogen-bond acceptors (Lipinski definition) is 5. The number of halogens is 1. The first-order valence-electron chi connectivity index (χ1n) is 4.62. The van der Waals surface area contributed by atoms with E-state index in [9.17, 15) is 0 Å². The maximum Gasteiger partial charge on any atom is 0.136 e. The second-order valence-electron chi connectivity index (χ2n) is 3.31. The van der Waals surface area contributed by atoms with Gasteiger partial charge in [0.25, 0.3) is 0 Å². The molecule has 0 aliphatic heterocycles. The second kappa shape index (κ2) is 4.80. The third-order valence-corrected chi connectivity index (χ3v) is 3.25. The Morgan fingerprint density at radius 3 is 2.94 bits per heavy atom. The third kappa shape index (κ3) is 2.51. The molecule has 0 amide bonds. The van der Waals surface area contributed by atoms with Crippen molar-refractivity contribution in [1.29, 1.82) is 0 Å². The van der Waals surface area contributed by atoms with E-state index in [-0.39, 0.29) is 0 Å². The minimum absolute atomic E-state index is 0.337. The molecule has 16 heavy (non-hydrogen) atoms. The lowest BCUT2D eigenvalue weighted by Gasteiger charge is -2.07. The highest BCUT2D eigenvalue weighted by Crippen LogP contribution is 2.27. The zero-order valence-corrected chi connectivity index (χ0v) is 11.0. The molecule has 0 spiro atoms. The molecule has 0 radical (unpaired) electrons. The van der Waals surface area contributed by atoms with E-state index in [1.54, 1.807) is 0 Å². The number of nitrogen functional groups attached to an aromatic ring is 1.